The van der Waals surface area contributed by atoms with E-state index < -0.39 is 0 Å². The van der Waals surface area contributed by atoms with Crippen molar-refractivity contribution in [2.45, 2.75) is 45.7 Å². The molecule has 2 amide bonds. The molecule has 3 heterocycles. The highest BCUT2D eigenvalue weighted by molar-refractivity contribution is 5.92. The third kappa shape index (κ3) is 3.38. The number of aromatic nitrogens is 3. The Kier molecular flexibility index (Phi) is 5.15. The highest BCUT2D eigenvalue weighted by atomic mass is 16.2. The van der Waals surface area contributed by atoms with E-state index in [4.69, 9.17) is 0 Å². The molecule has 1 unspecified atom stereocenters. The summed E-state index contributed by atoms with van der Waals surface area (Å²) in [6.07, 6.45) is 4.85. The normalized spacial score (nSPS) is 17.4. The van der Waals surface area contributed by atoms with Gasteiger partial charge in [-0.25, -0.2) is 0 Å². The summed E-state index contributed by atoms with van der Waals surface area (Å²) in [5, 5.41) is 7.16. The molecule has 1 N–H and O–H groups in total. The Hall–Kier alpha value is -2.57. The van der Waals surface area contributed by atoms with Gasteiger partial charge in [-0.05, 0) is 38.3 Å². The summed E-state index contributed by atoms with van der Waals surface area (Å²) in [6, 6.07) is 3.86. The minimum absolute atomic E-state index is 0.0494. The molecule has 1 aliphatic rings. The van der Waals surface area contributed by atoms with Crippen LogP contribution in [0.5, 0.6) is 0 Å². The number of hydrogen-bond acceptors (Lipinski definition) is 3. The number of nitrogens with zero attached hydrogens (tertiary/aromatic N) is 4. The van der Waals surface area contributed by atoms with Gasteiger partial charge in [0.05, 0.1) is 12.2 Å². The monoisotopic (exact) mass is 357 g/mol. The van der Waals surface area contributed by atoms with Crippen LogP contribution >= 0.6 is 0 Å². The Bertz CT molecular complexity index is 820. The van der Waals surface area contributed by atoms with Crippen molar-refractivity contribution in [2.75, 3.05) is 6.54 Å². The predicted octanol–water partition coefficient (Wildman–Crippen LogP) is 2.07. The summed E-state index contributed by atoms with van der Waals surface area (Å²) in [4.78, 5) is 26.5. The fourth-order valence-corrected chi connectivity index (χ4v) is 3.69. The van der Waals surface area contributed by atoms with Gasteiger partial charge in [-0.2, -0.15) is 5.10 Å². The van der Waals surface area contributed by atoms with E-state index in [0.29, 0.717) is 12.2 Å². The average Bonchev–Trinajstić information content (AvgIpc) is 3.16. The fourth-order valence-electron chi connectivity index (χ4n) is 3.69. The molecule has 0 radical (unpaired) electrons. The van der Waals surface area contributed by atoms with Gasteiger partial charge < -0.3 is 14.8 Å². The van der Waals surface area contributed by atoms with Crippen LogP contribution in [0.1, 0.15) is 59.7 Å². The van der Waals surface area contributed by atoms with E-state index in [-0.39, 0.29) is 17.9 Å². The van der Waals surface area contributed by atoms with Crippen LogP contribution < -0.4 is 5.32 Å². The van der Waals surface area contributed by atoms with Crippen LogP contribution in [0.3, 0.4) is 0 Å². The minimum atomic E-state index is -0.118. The molecule has 7 nitrogen and oxygen atoms in total. The molecular weight excluding hydrogens is 330 g/mol. The second kappa shape index (κ2) is 7.35. The number of amides is 2. The maximum absolute atomic E-state index is 12.6. The van der Waals surface area contributed by atoms with E-state index in [1.807, 2.05) is 42.6 Å². The molecular formula is C19H27N5O2. The van der Waals surface area contributed by atoms with E-state index in [1.54, 1.807) is 17.8 Å². The number of carbonyl (C=O) groups is 2. The third-order valence-corrected chi connectivity index (χ3v) is 5.42. The Morgan fingerprint density at radius 1 is 1.27 bits per heavy atom. The first-order valence-corrected chi connectivity index (χ1v) is 9.08. The first-order chi connectivity index (χ1) is 12.4. The zero-order chi connectivity index (χ0) is 18.8. The van der Waals surface area contributed by atoms with Crippen molar-refractivity contribution in [2.24, 2.45) is 14.1 Å². The molecule has 1 atom stereocenters. The summed E-state index contributed by atoms with van der Waals surface area (Å²) in [5.41, 5.74) is 3.67. The van der Waals surface area contributed by atoms with Crippen molar-refractivity contribution in [3.8, 4) is 0 Å². The lowest BCUT2D eigenvalue weighted by molar-refractivity contribution is -0.132. The molecule has 0 spiro atoms. The standard InChI is InChI=1S/C19H27N5O2/c1-13-15(12-21-23(13)4)11-20-19(26)18-9-8-16(22(18)3)17-7-5-6-10-24(17)14(2)25/h8-9,12,17H,5-7,10-11H2,1-4H3,(H,20,26). The summed E-state index contributed by atoms with van der Waals surface area (Å²) in [5.74, 6) is -0.0267. The zero-order valence-electron chi connectivity index (χ0n) is 16.0. The second-order valence-electron chi connectivity index (χ2n) is 6.99. The quantitative estimate of drug-likeness (QED) is 0.910. The summed E-state index contributed by atoms with van der Waals surface area (Å²) < 4.78 is 3.71. The zero-order valence-corrected chi connectivity index (χ0v) is 16.0. The Morgan fingerprint density at radius 2 is 2.04 bits per heavy atom. The number of likely N-dealkylation sites (tertiary alicyclic amines) is 1. The molecule has 3 rings (SSSR count). The molecule has 0 aromatic carbocycles. The third-order valence-electron chi connectivity index (χ3n) is 5.42. The number of aryl methyl sites for hydroxylation is 1. The maximum atomic E-state index is 12.6. The highest BCUT2D eigenvalue weighted by Gasteiger charge is 2.28. The molecule has 140 valence electrons. The predicted molar refractivity (Wildman–Crippen MR) is 98.5 cm³/mol. The van der Waals surface area contributed by atoms with E-state index >= 15 is 0 Å². The first kappa shape index (κ1) is 18.2. The van der Waals surface area contributed by atoms with Gasteiger partial charge in [-0.15, -0.1) is 0 Å². The number of nitrogens with one attached hydrogen (secondary N) is 1. The van der Waals surface area contributed by atoms with Gasteiger partial charge in [-0.3, -0.25) is 14.3 Å². The lowest BCUT2D eigenvalue weighted by Crippen LogP contribution is -2.38. The van der Waals surface area contributed by atoms with Crippen LogP contribution in [0, 0.1) is 6.92 Å². The van der Waals surface area contributed by atoms with Crippen LogP contribution in [-0.4, -0.2) is 37.6 Å². The van der Waals surface area contributed by atoms with Gasteiger partial charge in [0.1, 0.15) is 5.69 Å². The lowest BCUT2D eigenvalue weighted by atomic mass is 9.99. The minimum Gasteiger partial charge on any atom is -0.347 e. The van der Waals surface area contributed by atoms with E-state index in [1.165, 1.54) is 0 Å². The van der Waals surface area contributed by atoms with Crippen molar-refractivity contribution in [3.05, 3.63) is 41.0 Å². The van der Waals surface area contributed by atoms with Crippen molar-refractivity contribution >= 4 is 11.8 Å². The molecule has 26 heavy (non-hydrogen) atoms. The lowest BCUT2D eigenvalue weighted by Gasteiger charge is -2.35. The summed E-state index contributed by atoms with van der Waals surface area (Å²) >= 11 is 0. The Labute approximate surface area is 154 Å². The van der Waals surface area contributed by atoms with Gasteiger partial charge in [0, 0.05) is 51.1 Å². The van der Waals surface area contributed by atoms with Crippen LogP contribution in [0.2, 0.25) is 0 Å². The molecule has 1 aliphatic heterocycles. The van der Waals surface area contributed by atoms with Crippen LogP contribution in [0.15, 0.2) is 18.3 Å². The van der Waals surface area contributed by atoms with E-state index in [0.717, 1.165) is 42.8 Å². The fraction of sp³-hybridized carbons (Fsp3) is 0.526. The smallest absolute Gasteiger partial charge is 0.268 e. The first-order valence-electron chi connectivity index (χ1n) is 9.08. The van der Waals surface area contributed by atoms with Crippen molar-refractivity contribution < 1.29 is 9.59 Å². The Morgan fingerprint density at radius 3 is 2.69 bits per heavy atom. The van der Waals surface area contributed by atoms with Crippen LogP contribution in [-0.2, 0) is 25.4 Å². The molecule has 0 bridgehead atoms. The number of rotatable bonds is 4. The second-order valence-corrected chi connectivity index (χ2v) is 6.99. The van der Waals surface area contributed by atoms with Crippen molar-refractivity contribution in [3.63, 3.8) is 0 Å². The van der Waals surface area contributed by atoms with Gasteiger partial charge >= 0.3 is 0 Å². The molecule has 0 saturated carbocycles. The van der Waals surface area contributed by atoms with Crippen molar-refractivity contribution in [1.29, 1.82) is 0 Å². The molecule has 2 aromatic rings. The molecule has 0 aliphatic carbocycles. The van der Waals surface area contributed by atoms with Gasteiger partial charge in [-0.1, -0.05) is 0 Å². The highest BCUT2D eigenvalue weighted by Crippen LogP contribution is 2.31. The summed E-state index contributed by atoms with van der Waals surface area (Å²) in [7, 11) is 3.78. The largest absolute Gasteiger partial charge is 0.347 e. The van der Waals surface area contributed by atoms with Gasteiger partial charge in [0.15, 0.2) is 0 Å². The summed E-state index contributed by atoms with van der Waals surface area (Å²) in [6.45, 7) is 4.83. The molecule has 2 aromatic heterocycles. The van der Waals surface area contributed by atoms with Crippen molar-refractivity contribution in [1.82, 2.24) is 24.6 Å². The van der Waals surface area contributed by atoms with E-state index in [2.05, 4.69) is 10.4 Å². The SMILES string of the molecule is CC(=O)N1CCCCC1c1ccc(C(=O)NCc2cnn(C)c2C)n1C. The van der Waals surface area contributed by atoms with Crippen LogP contribution in [0.25, 0.3) is 0 Å². The molecule has 1 saturated heterocycles. The maximum Gasteiger partial charge on any atom is 0.268 e. The number of carbonyl (C=O) groups excluding carboxylic acids is 2. The molecule has 7 heteroatoms. The molecule has 1 fully saturated rings. The van der Waals surface area contributed by atoms with E-state index in [9.17, 15) is 9.59 Å². The van der Waals surface area contributed by atoms with Crippen LogP contribution in [0.4, 0.5) is 0 Å². The average molecular weight is 357 g/mol. The number of hydrogen-bond donors (Lipinski definition) is 1. The number of piperidine rings is 1. The Balaban J connectivity index is 1.74. The van der Waals surface area contributed by atoms with Gasteiger partial charge in [0.2, 0.25) is 5.91 Å². The topological polar surface area (TPSA) is 72.2 Å². The van der Waals surface area contributed by atoms with Gasteiger partial charge in [0.25, 0.3) is 5.91 Å².